The number of hydrogen-bond donors (Lipinski definition) is 2. The molecule has 2 N–H and O–H groups in total. The van der Waals surface area contributed by atoms with Gasteiger partial charge in [0.1, 0.15) is 11.2 Å². The molecule has 3 aliphatic rings. The molecule has 2 fully saturated rings. The summed E-state index contributed by atoms with van der Waals surface area (Å²) in [6.07, 6.45) is 3.10. The molecule has 2 heterocycles. The average Bonchev–Trinajstić information content (AvgIpc) is 1.08. The first kappa shape index (κ1) is 68.5. The predicted molar refractivity (Wildman–Crippen MR) is 328 cm³/mol. The van der Waals surface area contributed by atoms with Gasteiger partial charge < -0.3 is 24.6 Å². The van der Waals surface area contributed by atoms with Crippen molar-refractivity contribution in [1.82, 2.24) is 19.4 Å². The summed E-state index contributed by atoms with van der Waals surface area (Å²) in [5, 5.41) is 3.68. The van der Waals surface area contributed by atoms with Crippen LogP contribution in [0.1, 0.15) is 97.0 Å². The Morgan fingerprint density at radius 3 is 1.88 bits per heavy atom. The minimum absolute atomic E-state index is 0.0472. The topological polar surface area (TPSA) is 210 Å². The van der Waals surface area contributed by atoms with E-state index in [9.17, 15) is 49.0 Å². The summed E-state index contributed by atoms with van der Waals surface area (Å²) in [5.41, 5.74) is -3.12. The smallest absolute Gasteiger partial charge is 0.438 e. The Morgan fingerprint density at radius 2 is 1.31 bits per heavy atom. The van der Waals surface area contributed by atoms with Gasteiger partial charge in [-0.1, -0.05) is 61.4 Å². The molecule has 0 unspecified atom stereocenters. The number of alkyl halides is 3. The molecule has 0 radical (unpaired) electrons. The van der Waals surface area contributed by atoms with Crippen LogP contribution in [0, 0.1) is 16.2 Å². The highest BCUT2D eigenvalue weighted by atomic mass is 35.5. The van der Waals surface area contributed by atoms with Crippen LogP contribution in [0.4, 0.5) is 24.5 Å². The summed E-state index contributed by atoms with van der Waals surface area (Å²) in [7, 11) is -15.2. The van der Waals surface area contributed by atoms with Crippen molar-refractivity contribution in [1.29, 1.82) is 0 Å². The molecule has 0 spiro atoms. The van der Waals surface area contributed by atoms with Crippen molar-refractivity contribution in [2.24, 2.45) is 16.2 Å². The van der Waals surface area contributed by atoms with Gasteiger partial charge in [0.25, 0.3) is 25.8 Å². The van der Waals surface area contributed by atoms with Crippen LogP contribution in [0.5, 0.6) is 0 Å². The normalized spacial score (nSPS) is 17.5. The van der Waals surface area contributed by atoms with Crippen molar-refractivity contribution < 1.29 is 67.5 Å². The Labute approximate surface area is 513 Å². The zero-order valence-electron chi connectivity index (χ0n) is 49.9. The lowest BCUT2D eigenvalue weighted by Crippen LogP contribution is -2.47. The molecule has 1 atom stereocenters. The molecule has 1 aliphatic carbocycles. The number of halogens is 4. The monoisotopic (exact) mass is 1290 g/mol. The molecule has 26 heteroatoms. The first-order valence-corrected chi connectivity index (χ1v) is 34.4. The molecule has 2 saturated heterocycles. The van der Waals surface area contributed by atoms with Crippen LogP contribution in [0.25, 0.3) is 5.57 Å². The van der Waals surface area contributed by atoms with Crippen molar-refractivity contribution in [3.05, 3.63) is 119 Å². The number of carbonyl (C=O) groups excluding carboxylic acids is 3. The summed E-state index contributed by atoms with van der Waals surface area (Å²) < 4.78 is 135. The zero-order chi connectivity index (χ0) is 62.9. The molecular weight excluding hydrogens is 1220 g/mol. The molecule has 472 valence electrons. The molecule has 0 bridgehead atoms. The van der Waals surface area contributed by atoms with Gasteiger partial charge in [0.2, 0.25) is 13.6 Å². The number of nitrogens with zero attached hydrogens (tertiary/aromatic N) is 4. The fraction of sp³-hybridized carbons (Fsp3) is 0.517. The number of nitrogens with one attached hydrogen (secondary N) is 2. The Morgan fingerprint density at radius 1 is 0.744 bits per heavy atom. The van der Waals surface area contributed by atoms with Crippen molar-refractivity contribution in [3.8, 4) is 0 Å². The van der Waals surface area contributed by atoms with Crippen LogP contribution in [0.3, 0.4) is 0 Å². The highest BCUT2D eigenvalue weighted by Crippen LogP contribution is 2.49. The van der Waals surface area contributed by atoms with Crippen LogP contribution in [0.15, 0.2) is 117 Å². The van der Waals surface area contributed by atoms with E-state index in [1.54, 1.807) is 58.6 Å². The maximum atomic E-state index is 14.5. The van der Waals surface area contributed by atoms with Crippen molar-refractivity contribution in [2.45, 2.75) is 107 Å². The number of allylic oxidation sites excluding steroid dienone is 1. The predicted octanol–water partition coefficient (Wildman–Crippen LogP) is 11.4. The molecular formula is C60H79ClF3N6O12PS3. The second kappa shape index (κ2) is 28.6. The van der Waals surface area contributed by atoms with Gasteiger partial charge in [0, 0.05) is 98.4 Å². The number of piperazine rings is 2. The standard InChI is InChI=1S/C60H79ClF3N6O12PS3/c1-57(2,3)55(72)79-41-81-83(74,82-42-80-56(73)58(4,5)6)40-69-30-28-67(29-31-69)27-25-47(39-84-49-12-10-9-11-13-49)65-52-23-22-50(36-53(52)85(75,76)60(62,63)64)86(77,78)66-54(71)44-16-20-48(21-17-44)70-34-32-68(33-35-70)38-45-37-59(7,8)26-24-51(45)43-14-18-46(61)19-15-43/h9-23,36,47,65H,24-35,37-42H2,1-8H3,(H,66,71)/t47-/m1/s1. The third-order valence-corrected chi connectivity index (χ3v) is 21.0. The van der Waals surface area contributed by atoms with E-state index in [4.69, 9.17) is 30.1 Å². The van der Waals surface area contributed by atoms with Gasteiger partial charge in [-0.15, -0.1) is 11.8 Å². The van der Waals surface area contributed by atoms with E-state index in [1.165, 1.54) is 40.6 Å². The van der Waals surface area contributed by atoms with E-state index in [2.05, 4.69) is 46.0 Å². The Kier molecular flexibility index (Phi) is 22.8. The largest absolute Gasteiger partial charge is 0.501 e. The van der Waals surface area contributed by atoms with Gasteiger partial charge in [0.15, 0.2) is 0 Å². The van der Waals surface area contributed by atoms with Crippen LogP contribution in [-0.4, -0.2) is 152 Å². The van der Waals surface area contributed by atoms with E-state index in [1.807, 2.05) is 47.2 Å². The molecule has 4 aromatic rings. The molecule has 86 heavy (non-hydrogen) atoms. The third-order valence-electron chi connectivity index (χ3n) is 15.0. The average molecular weight is 1300 g/mol. The molecule has 0 saturated carbocycles. The number of hydrogen-bond acceptors (Lipinski definition) is 18. The Hall–Kier alpha value is -5.01. The van der Waals surface area contributed by atoms with E-state index < -0.39 is 96.7 Å². The van der Waals surface area contributed by atoms with Gasteiger partial charge in [-0.25, -0.2) is 21.6 Å². The Balaban J connectivity index is 0.996. The van der Waals surface area contributed by atoms with Crippen LogP contribution >= 0.6 is 31.0 Å². The van der Waals surface area contributed by atoms with Crippen LogP contribution in [0.2, 0.25) is 5.02 Å². The molecule has 0 aromatic heterocycles. The summed E-state index contributed by atoms with van der Waals surface area (Å²) in [4.78, 5) is 45.5. The van der Waals surface area contributed by atoms with Gasteiger partial charge in [-0.2, -0.15) is 13.2 Å². The first-order valence-electron chi connectivity index (χ1n) is 28.4. The fourth-order valence-electron chi connectivity index (χ4n) is 9.94. The minimum atomic E-state index is -6.19. The van der Waals surface area contributed by atoms with E-state index in [0.717, 1.165) is 61.6 Å². The number of sulfone groups is 1. The summed E-state index contributed by atoms with van der Waals surface area (Å²) >= 11 is 7.58. The number of amides is 1. The van der Waals surface area contributed by atoms with Gasteiger partial charge >= 0.3 is 25.0 Å². The van der Waals surface area contributed by atoms with Crippen molar-refractivity contribution >= 4 is 85.6 Å². The number of rotatable bonds is 24. The van der Waals surface area contributed by atoms with Gasteiger partial charge in [-0.3, -0.25) is 37.8 Å². The van der Waals surface area contributed by atoms with Crippen molar-refractivity contribution in [3.63, 3.8) is 0 Å². The molecule has 1 amide bonds. The number of ether oxygens (including phenoxy) is 2. The first-order chi connectivity index (χ1) is 40.2. The summed E-state index contributed by atoms with van der Waals surface area (Å²) in [6.45, 7) is 18.8. The number of sulfonamides is 1. The second-order valence-corrected chi connectivity index (χ2v) is 31.7. The Bertz CT molecular complexity index is 3280. The van der Waals surface area contributed by atoms with E-state index in [-0.39, 0.29) is 29.4 Å². The SMILES string of the molecule is CC1(C)CCC(c2ccc(Cl)cc2)=C(CN2CCN(c3ccc(C(=O)NS(=O)(=O)c4ccc(N[C@H](CCN5CCN(CP(=O)(OCOC(=O)C(C)(C)C)OCOC(=O)C(C)(C)C)CC5)CSc5ccccc5)c(S(=O)(=O)C(F)(F)F)c4)cc3)CC2)C1. The van der Waals surface area contributed by atoms with Gasteiger partial charge in [0.05, 0.1) is 21.4 Å². The maximum absolute atomic E-state index is 14.5. The molecule has 2 aliphatic heterocycles. The lowest BCUT2D eigenvalue weighted by molar-refractivity contribution is -0.162. The highest BCUT2D eigenvalue weighted by molar-refractivity contribution is 7.99. The van der Waals surface area contributed by atoms with Crippen molar-refractivity contribution in [2.75, 3.05) is 101 Å². The van der Waals surface area contributed by atoms with Crippen LogP contribution in [-0.2, 0) is 52.5 Å². The minimum Gasteiger partial charge on any atom is -0.438 e. The number of esters is 2. The van der Waals surface area contributed by atoms with Gasteiger partial charge in [-0.05, 0) is 151 Å². The third kappa shape index (κ3) is 19.2. The number of thioether (sulfide) groups is 1. The lowest BCUT2D eigenvalue weighted by atomic mass is 9.73. The summed E-state index contributed by atoms with van der Waals surface area (Å²) in [5.74, 6) is -2.04. The number of carbonyl (C=O) groups is 3. The number of benzene rings is 4. The fourth-order valence-corrected chi connectivity index (χ4v) is 14.5. The second-order valence-electron chi connectivity index (χ2n) is 24.6. The summed E-state index contributed by atoms with van der Waals surface area (Å²) in [6, 6.07) is 25.1. The highest BCUT2D eigenvalue weighted by Gasteiger charge is 2.49. The lowest BCUT2D eigenvalue weighted by Gasteiger charge is -2.39. The molecule has 7 rings (SSSR count). The zero-order valence-corrected chi connectivity index (χ0v) is 54.0. The van der Waals surface area contributed by atoms with E-state index >= 15 is 0 Å². The van der Waals surface area contributed by atoms with E-state index in [0.29, 0.717) is 56.9 Å². The molecule has 4 aromatic carbocycles. The quantitative estimate of drug-likeness (QED) is 0.0289. The maximum Gasteiger partial charge on any atom is 0.501 e. The van der Waals surface area contributed by atoms with Crippen LogP contribution < -0.4 is 14.9 Å². The number of anilines is 2. The molecule has 18 nitrogen and oxygen atoms in total.